The number of aryl methyl sites for hydroxylation is 1. The Bertz CT molecular complexity index is 1010. The molecule has 12 heteroatoms. The molecular weight excluding hydrogens is 386 g/mol. The van der Waals surface area contributed by atoms with Gasteiger partial charge in [-0.15, -0.1) is 15.3 Å². The topological polar surface area (TPSA) is 130 Å². The number of aromatic nitrogens is 5. The Morgan fingerprint density at radius 3 is 2.64 bits per heavy atom. The van der Waals surface area contributed by atoms with Gasteiger partial charge in [0, 0.05) is 38.1 Å². The fourth-order valence-electron chi connectivity index (χ4n) is 2.44. The number of ether oxygens (including phenoxy) is 1. The van der Waals surface area contributed by atoms with Gasteiger partial charge in [-0.2, -0.15) is 0 Å². The first-order valence-corrected chi connectivity index (χ1v) is 9.02. The van der Waals surface area contributed by atoms with Gasteiger partial charge in [0.05, 0.1) is 17.8 Å². The number of nitrogens with zero attached hydrogens (tertiary/aromatic N) is 6. The number of amides is 1. The highest BCUT2D eigenvalue weighted by atomic mass is 32.2. The van der Waals surface area contributed by atoms with Crippen LogP contribution in [0.3, 0.4) is 0 Å². The molecule has 0 saturated carbocycles. The summed E-state index contributed by atoms with van der Waals surface area (Å²) >= 11 is 1.22. The molecular formula is C16H17N7O4S. The van der Waals surface area contributed by atoms with Gasteiger partial charge in [0.1, 0.15) is 5.56 Å². The average molecular weight is 403 g/mol. The quantitative estimate of drug-likeness (QED) is 0.359. The fraction of sp³-hybridized carbons (Fsp3) is 0.250. The van der Waals surface area contributed by atoms with E-state index in [0.717, 1.165) is 0 Å². The van der Waals surface area contributed by atoms with Gasteiger partial charge in [-0.25, -0.2) is 0 Å². The van der Waals surface area contributed by atoms with Crippen molar-refractivity contribution in [3.63, 3.8) is 0 Å². The summed E-state index contributed by atoms with van der Waals surface area (Å²) in [5, 5.41) is 26.4. The maximum atomic E-state index is 12.1. The summed E-state index contributed by atoms with van der Waals surface area (Å²) in [6.07, 6.45) is 1.78. The van der Waals surface area contributed by atoms with Gasteiger partial charge in [0.2, 0.25) is 11.8 Å². The molecule has 0 aliphatic heterocycles. The van der Waals surface area contributed by atoms with Crippen molar-refractivity contribution in [3.8, 4) is 17.3 Å². The molecule has 2 heterocycles. The van der Waals surface area contributed by atoms with Crippen LogP contribution in [0.15, 0.2) is 35.6 Å². The van der Waals surface area contributed by atoms with E-state index >= 15 is 0 Å². The van der Waals surface area contributed by atoms with Gasteiger partial charge >= 0.3 is 0 Å². The number of non-ortho nitro benzene ring substituents is 1. The second-order valence-corrected chi connectivity index (χ2v) is 6.67. The van der Waals surface area contributed by atoms with Crippen molar-refractivity contribution in [2.45, 2.75) is 5.16 Å². The first kappa shape index (κ1) is 19.4. The van der Waals surface area contributed by atoms with Gasteiger partial charge < -0.3 is 14.6 Å². The number of hydrogen-bond donors (Lipinski definition) is 1. The van der Waals surface area contributed by atoms with Crippen LogP contribution in [0.4, 0.5) is 11.4 Å². The Morgan fingerprint density at radius 1 is 1.29 bits per heavy atom. The first-order valence-electron chi connectivity index (χ1n) is 8.03. The third-order valence-electron chi connectivity index (χ3n) is 3.76. The van der Waals surface area contributed by atoms with Crippen LogP contribution in [0, 0.1) is 10.1 Å². The lowest BCUT2D eigenvalue weighted by Gasteiger charge is -2.05. The monoisotopic (exact) mass is 403 g/mol. The summed E-state index contributed by atoms with van der Waals surface area (Å²) in [5.41, 5.74) is 1.14. The van der Waals surface area contributed by atoms with Crippen molar-refractivity contribution in [2.75, 3.05) is 18.2 Å². The van der Waals surface area contributed by atoms with Gasteiger partial charge in [-0.05, 0) is 12.1 Å². The van der Waals surface area contributed by atoms with Gasteiger partial charge in [-0.1, -0.05) is 11.8 Å². The van der Waals surface area contributed by atoms with E-state index in [0.29, 0.717) is 28.1 Å². The lowest BCUT2D eigenvalue weighted by Crippen LogP contribution is -2.14. The van der Waals surface area contributed by atoms with E-state index < -0.39 is 4.92 Å². The van der Waals surface area contributed by atoms with Crippen LogP contribution >= 0.6 is 11.8 Å². The molecule has 0 fully saturated rings. The maximum absolute atomic E-state index is 12.1. The molecule has 3 aromatic rings. The Morgan fingerprint density at radius 2 is 2.00 bits per heavy atom. The average Bonchev–Trinajstić information content (AvgIpc) is 3.22. The van der Waals surface area contributed by atoms with Crippen LogP contribution in [-0.4, -0.2) is 48.2 Å². The maximum Gasteiger partial charge on any atom is 0.269 e. The molecule has 146 valence electrons. The molecule has 2 aromatic heterocycles. The number of anilines is 1. The largest absolute Gasteiger partial charge is 0.479 e. The minimum atomic E-state index is -0.496. The molecule has 0 unspecified atom stereocenters. The van der Waals surface area contributed by atoms with E-state index in [1.807, 2.05) is 0 Å². The van der Waals surface area contributed by atoms with E-state index in [2.05, 4.69) is 20.6 Å². The number of benzene rings is 1. The molecule has 0 aliphatic carbocycles. The number of nitro groups is 1. The molecule has 0 aliphatic rings. The third-order valence-corrected chi connectivity index (χ3v) is 4.78. The number of nitro benzene ring substituents is 1. The Balaban J connectivity index is 1.64. The van der Waals surface area contributed by atoms with Crippen molar-refractivity contribution in [2.24, 2.45) is 14.1 Å². The lowest BCUT2D eigenvalue weighted by molar-refractivity contribution is -0.384. The summed E-state index contributed by atoms with van der Waals surface area (Å²) in [5.74, 6) is 0.851. The smallest absolute Gasteiger partial charge is 0.269 e. The number of carbonyl (C=O) groups excluding carboxylic acids is 1. The minimum absolute atomic E-state index is 0.0372. The number of carbonyl (C=O) groups is 1. The third kappa shape index (κ3) is 4.11. The van der Waals surface area contributed by atoms with Crippen LogP contribution < -0.4 is 10.1 Å². The zero-order chi connectivity index (χ0) is 20.3. The summed E-state index contributed by atoms with van der Waals surface area (Å²) in [6.45, 7) is 0. The fourth-order valence-corrected chi connectivity index (χ4v) is 3.15. The van der Waals surface area contributed by atoms with Crippen molar-refractivity contribution in [3.05, 3.63) is 40.6 Å². The molecule has 0 atom stereocenters. The van der Waals surface area contributed by atoms with Crippen LogP contribution in [0.2, 0.25) is 0 Å². The number of methoxy groups -OCH3 is 1. The summed E-state index contributed by atoms with van der Waals surface area (Å²) < 4.78 is 8.62. The van der Waals surface area contributed by atoms with E-state index in [-0.39, 0.29) is 17.3 Å². The van der Waals surface area contributed by atoms with Gasteiger partial charge in [0.15, 0.2) is 11.0 Å². The molecule has 1 amide bonds. The highest BCUT2D eigenvalue weighted by molar-refractivity contribution is 7.99. The van der Waals surface area contributed by atoms with E-state index in [1.165, 1.54) is 43.1 Å². The number of rotatable bonds is 7. The molecule has 28 heavy (non-hydrogen) atoms. The molecule has 1 N–H and O–H groups in total. The van der Waals surface area contributed by atoms with Crippen LogP contribution in [0.5, 0.6) is 5.88 Å². The molecule has 11 nitrogen and oxygen atoms in total. The first-order chi connectivity index (χ1) is 13.4. The molecule has 0 spiro atoms. The van der Waals surface area contributed by atoms with Crippen molar-refractivity contribution >= 4 is 29.0 Å². The van der Waals surface area contributed by atoms with Crippen molar-refractivity contribution < 1.29 is 14.5 Å². The predicted molar refractivity (Wildman–Crippen MR) is 102 cm³/mol. The summed E-state index contributed by atoms with van der Waals surface area (Å²) in [7, 11) is 5.10. The van der Waals surface area contributed by atoms with Crippen molar-refractivity contribution in [1.29, 1.82) is 0 Å². The Hall–Kier alpha value is -3.41. The Labute approximate surface area is 163 Å². The van der Waals surface area contributed by atoms with Gasteiger partial charge in [-0.3, -0.25) is 19.6 Å². The van der Waals surface area contributed by atoms with E-state index in [9.17, 15) is 14.9 Å². The molecule has 0 radical (unpaired) electrons. The van der Waals surface area contributed by atoms with Crippen molar-refractivity contribution in [1.82, 2.24) is 24.5 Å². The highest BCUT2D eigenvalue weighted by Gasteiger charge is 2.19. The lowest BCUT2D eigenvalue weighted by atomic mass is 10.3. The SMILES string of the molecule is COc1nn(C)cc1-c1nnc(SCC(=O)Nc2ccc([N+](=O)[O-])cc2)n1C. The zero-order valence-corrected chi connectivity index (χ0v) is 16.1. The van der Waals surface area contributed by atoms with E-state index in [1.54, 1.807) is 29.5 Å². The van der Waals surface area contributed by atoms with Crippen LogP contribution in [0.25, 0.3) is 11.4 Å². The minimum Gasteiger partial charge on any atom is -0.479 e. The molecule has 1 aromatic carbocycles. The second kappa shape index (κ2) is 8.08. The number of nitrogens with one attached hydrogen (secondary N) is 1. The highest BCUT2D eigenvalue weighted by Crippen LogP contribution is 2.29. The molecule has 0 saturated heterocycles. The van der Waals surface area contributed by atoms with E-state index in [4.69, 9.17) is 4.74 Å². The van der Waals surface area contributed by atoms with Gasteiger partial charge in [0.25, 0.3) is 5.69 Å². The number of thioether (sulfide) groups is 1. The molecule has 0 bridgehead atoms. The molecule has 3 rings (SSSR count). The summed E-state index contributed by atoms with van der Waals surface area (Å²) in [4.78, 5) is 22.3. The predicted octanol–water partition coefficient (Wildman–Crippen LogP) is 1.86. The van der Waals surface area contributed by atoms with Crippen LogP contribution in [-0.2, 0) is 18.9 Å². The second-order valence-electron chi connectivity index (χ2n) is 5.73. The number of hydrogen-bond acceptors (Lipinski definition) is 8. The zero-order valence-electron chi connectivity index (χ0n) is 15.3. The summed E-state index contributed by atoms with van der Waals surface area (Å²) in [6, 6.07) is 5.63. The van der Waals surface area contributed by atoms with Crippen LogP contribution in [0.1, 0.15) is 0 Å². The Kier molecular flexibility index (Phi) is 5.59. The standard InChI is InChI=1S/C16H17N7O4S/c1-21-8-12(15(20-21)27-3)14-18-19-16(22(14)2)28-9-13(24)17-10-4-6-11(7-5-10)23(25)26/h4-8H,9H2,1-3H3,(H,17,24). The normalized spacial score (nSPS) is 10.7.